The molecule has 25 heavy (non-hydrogen) atoms. The fourth-order valence-corrected chi connectivity index (χ4v) is 4.28. The van der Waals surface area contributed by atoms with Gasteiger partial charge in [0.1, 0.15) is 0 Å². The summed E-state index contributed by atoms with van der Waals surface area (Å²) in [6.45, 7) is 5.50. The normalized spacial score (nSPS) is 22.2. The molecule has 1 aromatic heterocycles. The van der Waals surface area contributed by atoms with Crippen LogP contribution in [0.25, 0.3) is 0 Å². The number of rotatable bonds is 2. The third-order valence-electron chi connectivity index (χ3n) is 5.36. The topological polar surface area (TPSA) is 19.4 Å². The van der Waals surface area contributed by atoms with E-state index in [1.54, 1.807) is 5.56 Å². The van der Waals surface area contributed by atoms with Crippen LogP contribution in [0.4, 0.5) is 5.69 Å². The lowest BCUT2D eigenvalue weighted by Gasteiger charge is -2.29. The molecule has 4 rings (SSSR count). The van der Waals surface area contributed by atoms with E-state index in [1.165, 1.54) is 37.2 Å². The Morgan fingerprint density at radius 1 is 1.16 bits per heavy atom. The zero-order chi connectivity index (χ0) is 15.8. The number of pyridine rings is 1. The first-order valence-corrected chi connectivity index (χ1v) is 8.68. The van der Waals surface area contributed by atoms with E-state index < -0.39 is 0 Å². The van der Waals surface area contributed by atoms with Crippen LogP contribution in [0, 0.1) is 6.92 Å². The Morgan fingerprint density at radius 3 is 2.76 bits per heavy atom. The summed E-state index contributed by atoms with van der Waals surface area (Å²) in [4.78, 5) is 9.67. The predicted molar refractivity (Wildman–Crippen MR) is 109 cm³/mol. The maximum atomic E-state index is 4.56. The molecule has 0 saturated carbocycles. The second-order valence-corrected chi connectivity index (χ2v) is 7.09. The fraction of sp³-hybridized carbons (Fsp3) is 0.450. The van der Waals surface area contributed by atoms with Crippen molar-refractivity contribution in [1.82, 2.24) is 9.88 Å². The van der Waals surface area contributed by atoms with E-state index in [0.29, 0.717) is 12.0 Å². The first-order valence-electron chi connectivity index (χ1n) is 8.68. The van der Waals surface area contributed by atoms with Gasteiger partial charge in [0.2, 0.25) is 0 Å². The van der Waals surface area contributed by atoms with Crippen molar-refractivity contribution in [3.8, 4) is 0 Å². The number of aromatic nitrogens is 1. The molecule has 0 spiro atoms. The minimum absolute atomic E-state index is 0. The van der Waals surface area contributed by atoms with E-state index in [4.69, 9.17) is 0 Å². The van der Waals surface area contributed by atoms with Crippen molar-refractivity contribution in [2.75, 3.05) is 25.0 Å². The largest absolute Gasteiger partial charge is 0.362 e. The number of hydrogen-bond donors (Lipinski definition) is 0. The van der Waals surface area contributed by atoms with Crippen LogP contribution in [0.5, 0.6) is 0 Å². The summed E-state index contributed by atoms with van der Waals surface area (Å²) in [5.74, 6) is 0.626. The molecule has 5 heteroatoms. The number of fused-ring (bicyclic) bond motifs is 3. The van der Waals surface area contributed by atoms with E-state index in [-0.39, 0.29) is 24.8 Å². The Labute approximate surface area is 163 Å². The molecule has 1 aromatic carbocycles. The highest BCUT2D eigenvalue weighted by Crippen LogP contribution is 2.45. The van der Waals surface area contributed by atoms with Gasteiger partial charge in [0.25, 0.3) is 0 Å². The van der Waals surface area contributed by atoms with Gasteiger partial charge in [-0.05, 0) is 57.1 Å². The van der Waals surface area contributed by atoms with Crippen LogP contribution in [0.1, 0.15) is 35.6 Å². The summed E-state index contributed by atoms with van der Waals surface area (Å²) in [5.41, 5.74) is 5.50. The molecular weight excluding hydrogens is 353 g/mol. The van der Waals surface area contributed by atoms with E-state index >= 15 is 0 Å². The molecule has 0 radical (unpaired) electrons. The molecule has 136 valence electrons. The van der Waals surface area contributed by atoms with Crippen LogP contribution in [-0.2, 0) is 6.54 Å². The van der Waals surface area contributed by atoms with Crippen molar-refractivity contribution < 1.29 is 0 Å². The van der Waals surface area contributed by atoms with Crippen LogP contribution in [0.15, 0.2) is 42.6 Å². The van der Waals surface area contributed by atoms with Gasteiger partial charge in [0.15, 0.2) is 0 Å². The van der Waals surface area contributed by atoms with E-state index in [9.17, 15) is 0 Å². The predicted octanol–water partition coefficient (Wildman–Crippen LogP) is 4.43. The molecular formula is C20H27Cl2N3. The number of hydrogen-bond acceptors (Lipinski definition) is 3. The molecule has 1 saturated heterocycles. The van der Waals surface area contributed by atoms with Crippen LogP contribution in [-0.4, -0.2) is 36.1 Å². The summed E-state index contributed by atoms with van der Waals surface area (Å²) >= 11 is 0. The zero-order valence-corrected chi connectivity index (χ0v) is 16.5. The van der Waals surface area contributed by atoms with E-state index in [2.05, 4.69) is 59.1 Å². The first kappa shape index (κ1) is 20.0. The van der Waals surface area contributed by atoms with Gasteiger partial charge >= 0.3 is 0 Å². The van der Waals surface area contributed by atoms with Crippen molar-refractivity contribution in [3.05, 3.63) is 59.4 Å². The van der Waals surface area contributed by atoms with Crippen molar-refractivity contribution in [3.63, 3.8) is 0 Å². The van der Waals surface area contributed by atoms with Gasteiger partial charge in [-0.3, -0.25) is 4.98 Å². The SMILES string of the molecule is Cc1ccc2c(c1)[C@@H]1CN(C)CCC[C@H]1N2Cc1ccccn1.Cl.Cl. The molecule has 0 amide bonds. The molecule has 0 aliphatic carbocycles. The molecule has 2 atom stereocenters. The van der Waals surface area contributed by atoms with Gasteiger partial charge < -0.3 is 9.80 Å². The van der Waals surface area contributed by atoms with Crippen molar-refractivity contribution >= 4 is 30.5 Å². The molecule has 3 heterocycles. The number of benzene rings is 1. The van der Waals surface area contributed by atoms with Crippen molar-refractivity contribution in [1.29, 1.82) is 0 Å². The van der Waals surface area contributed by atoms with Gasteiger partial charge in [-0.15, -0.1) is 24.8 Å². The summed E-state index contributed by atoms with van der Waals surface area (Å²) < 4.78 is 0. The summed E-state index contributed by atoms with van der Waals surface area (Å²) in [7, 11) is 2.26. The lowest BCUT2D eigenvalue weighted by atomic mass is 9.92. The highest BCUT2D eigenvalue weighted by atomic mass is 35.5. The smallest absolute Gasteiger partial charge is 0.0605 e. The van der Waals surface area contributed by atoms with E-state index in [1.807, 2.05) is 12.3 Å². The Balaban J connectivity index is 0.00000113. The maximum Gasteiger partial charge on any atom is 0.0605 e. The summed E-state index contributed by atoms with van der Waals surface area (Å²) in [6.07, 6.45) is 4.46. The summed E-state index contributed by atoms with van der Waals surface area (Å²) in [5, 5.41) is 0. The Hall–Kier alpha value is -1.29. The number of aryl methyl sites for hydroxylation is 1. The molecule has 0 N–H and O–H groups in total. The van der Waals surface area contributed by atoms with Gasteiger partial charge in [-0.1, -0.05) is 23.8 Å². The second-order valence-electron chi connectivity index (χ2n) is 7.09. The van der Waals surface area contributed by atoms with Crippen LogP contribution in [0.3, 0.4) is 0 Å². The standard InChI is InChI=1S/C20H25N3.2ClH/c1-15-8-9-20-17(12-15)18-14-22(2)11-5-7-19(18)23(20)13-16-6-3-4-10-21-16;;/h3-4,6,8-10,12,18-19H,5,7,11,13-14H2,1-2H3;2*1H/t18-,19+;;/m0../s1. The first-order chi connectivity index (χ1) is 11.2. The van der Waals surface area contributed by atoms with Crippen LogP contribution in [0.2, 0.25) is 0 Å². The Bertz CT molecular complexity index is 693. The van der Waals surface area contributed by atoms with Gasteiger partial charge in [-0.25, -0.2) is 0 Å². The lowest BCUT2D eigenvalue weighted by Crippen LogP contribution is -2.35. The van der Waals surface area contributed by atoms with Gasteiger partial charge in [0.05, 0.1) is 12.2 Å². The van der Waals surface area contributed by atoms with Crippen LogP contribution < -0.4 is 4.90 Å². The molecule has 2 aliphatic heterocycles. The number of likely N-dealkylation sites (N-methyl/N-ethyl adjacent to an activating group) is 1. The molecule has 0 bridgehead atoms. The Kier molecular flexibility index (Phi) is 6.72. The molecule has 2 aromatic rings. The Morgan fingerprint density at radius 2 is 2.00 bits per heavy atom. The molecule has 3 nitrogen and oxygen atoms in total. The number of likely N-dealkylation sites (tertiary alicyclic amines) is 1. The monoisotopic (exact) mass is 379 g/mol. The maximum absolute atomic E-state index is 4.56. The third kappa shape index (κ3) is 3.94. The highest BCUT2D eigenvalue weighted by molar-refractivity contribution is 5.85. The van der Waals surface area contributed by atoms with Crippen molar-refractivity contribution in [2.24, 2.45) is 0 Å². The lowest BCUT2D eigenvalue weighted by molar-refractivity contribution is 0.330. The van der Waals surface area contributed by atoms with Crippen molar-refractivity contribution in [2.45, 2.75) is 38.3 Å². The fourth-order valence-electron chi connectivity index (χ4n) is 4.28. The summed E-state index contributed by atoms with van der Waals surface area (Å²) in [6, 6.07) is 13.8. The average molecular weight is 380 g/mol. The average Bonchev–Trinajstić information content (AvgIpc) is 2.70. The van der Waals surface area contributed by atoms with Crippen LogP contribution >= 0.6 is 24.8 Å². The van der Waals surface area contributed by atoms with Gasteiger partial charge in [0, 0.05) is 30.4 Å². The zero-order valence-electron chi connectivity index (χ0n) is 14.9. The second kappa shape index (κ2) is 8.39. The van der Waals surface area contributed by atoms with E-state index in [0.717, 1.165) is 12.2 Å². The molecule has 0 unspecified atom stereocenters. The number of anilines is 1. The number of halogens is 2. The minimum Gasteiger partial charge on any atom is -0.362 e. The minimum atomic E-state index is 0. The third-order valence-corrected chi connectivity index (χ3v) is 5.36. The quantitative estimate of drug-likeness (QED) is 0.768. The molecule has 1 fully saturated rings. The number of nitrogens with zero attached hydrogens (tertiary/aromatic N) is 3. The van der Waals surface area contributed by atoms with Gasteiger partial charge in [-0.2, -0.15) is 0 Å². The molecule has 2 aliphatic rings. The highest BCUT2D eigenvalue weighted by Gasteiger charge is 2.39.